The summed E-state index contributed by atoms with van der Waals surface area (Å²) < 4.78 is 8.30. The molecule has 178 valence electrons. The van der Waals surface area contributed by atoms with E-state index >= 15 is 0 Å². The largest absolute Gasteiger partial charge is 0.375 e. The molecule has 2 fully saturated rings. The molecule has 0 unspecified atom stereocenters. The number of nitrogens with zero attached hydrogens (tertiary/aromatic N) is 3. The third-order valence-corrected chi connectivity index (χ3v) is 7.04. The number of aromatic nitrogens is 2. The number of carbonyl (C=O) groups excluding carboxylic acids is 1. The van der Waals surface area contributed by atoms with Gasteiger partial charge in [0, 0.05) is 31.2 Å². The summed E-state index contributed by atoms with van der Waals surface area (Å²) in [5, 5.41) is 3.42. The average Bonchev–Trinajstić information content (AvgIpc) is 3.35. The van der Waals surface area contributed by atoms with Crippen molar-refractivity contribution in [3.05, 3.63) is 78.2 Å². The Morgan fingerprint density at radius 1 is 1.00 bits per heavy atom. The van der Waals surface area contributed by atoms with Gasteiger partial charge in [0.25, 0.3) is 5.91 Å². The fourth-order valence-corrected chi connectivity index (χ4v) is 5.24. The standard InChI is InChI=1S/C28H34N4O2/c33-28(31-17-16-29-18-25(31)20-34-19-22-10-4-1-5-11-22)26-27(23-12-6-2-7-13-23)32(21-30-26)24-14-8-3-9-15-24/h1-2,4-7,10-13,21,24-25,29H,3,8-9,14-20H2/t25-/m0/s1. The van der Waals surface area contributed by atoms with Crippen LogP contribution in [0.2, 0.25) is 0 Å². The van der Waals surface area contributed by atoms with Crippen LogP contribution in [-0.4, -0.2) is 52.6 Å². The van der Waals surface area contributed by atoms with Crippen molar-refractivity contribution in [3.8, 4) is 11.3 Å². The zero-order valence-corrected chi connectivity index (χ0v) is 19.7. The van der Waals surface area contributed by atoms with E-state index in [1.165, 1.54) is 19.3 Å². The van der Waals surface area contributed by atoms with Crippen molar-refractivity contribution >= 4 is 5.91 Å². The summed E-state index contributed by atoms with van der Waals surface area (Å²) in [4.78, 5) is 20.6. The van der Waals surface area contributed by atoms with Crippen molar-refractivity contribution in [2.75, 3.05) is 26.2 Å². The topological polar surface area (TPSA) is 59.4 Å². The minimum absolute atomic E-state index is 0.00298. The summed E-state index contributed by atoms with van der Waals surface area (Å²) in [5.74, 6) is 0.00298. The molecule has 0 spiro atoms. The smallest absolute Gasteiger partial charge is 0.275 e. The van der Waals surface area contributed by atoms with Crippen molar-refractivity contribution in [1.29, 1.82) is 0 Å². The number of nitrogens with one attached hydrogen (secondary N) is 1. The third kappa shape index (κ3) is 5.08. The first-order valence-electron chi connectivity index (χ1n) is 12.6. The molecule has 1 saturated heterocycles. The predicted molar refractivity (Wildman–Crippen MR) is 134 cm³/mol. The van der Waals surface area contributed by atoms with E-state index in [1.54, 1.807) is 0 Å². The molecule has 2 aromatic carbocycles. The molecule has 0 bridgehead atoms. The minimum atomic E-state index is -0.0200. The van der Waals surface area contributed by atoms with Gasteiger partial charge in [0.05, 0.1) is 31.3 Å². The number of amides is 1. The minimum Gasteiger partial charge on any atom is -0.375 e. The fraction of sp³-hybridized carbons (Fsp3) is 0.429. The van der Waals surface area contributed by atoms with Crippen molar-refractivity contribution in [2.24, 2.45) is 0 Å². The third-order valence-electron chi connectivity index (χ3n) is 7.04. The van der Waals surface area contributed by atoms with Gasteiger partial charge in [0.2, 0.25) is 0 Å². The molecule has 1 N–H and O–H groups in total. The highest BCUT2D eigenvalue weighted by Gasteiger charge is 2.32. The first-order chi connectivity index (χ1) is 16.8. The molecule has 34 heavy (non-hydrogen) atoms. The van der Waals surface area contributed by atoms with Crippen LogP contribution in [0.5, 0.6) is 0 Å². The van der Waals surface area contributed by atoms with E-state index < -0.39 is 0 Å². The summed E-state index contributed by atoms with van der Waals surface area (Å²) in [6.07, 6.45) is 7.95. The van der Waals surface area contributed by atoms with Crippen LogP contribution >= 0.6 is 0 Å². The molecule has 1 saturated carbocycles. The molecule has 5 rings (SSSR count). The summed E-state index contributed by atoms with van der Waals surface area (Å²) in [6.45, 7) is 3.21. The van der Waals surface area contributed by atoms with Crippen LogP contribution in [-0.2, 0) is 11.3 Å². The van der Waals surface area contributed by atoms with E-state index in [0.717, 1.165) is 42.8 Å². The van der Waals surface area contributed by atoms with E-state index in [2.05, 4.69) is 34.1 Å². The first kappa shape index (κ1) is 22.8. The maximum Gasteiger partial charge on any atom is 0.275 e. The second kappa shape index (κ2) is 11.0. The average molecular weight is 459 g/mol. The molecule has 2 aliphatic rings. The number of ether oxygens (including phenoxy) is 1. The normalized spacial score (nSPS) is 19.3. The maximum absolute atomic E-state index is 13.9. The second-order valence-electron chi connectivity index (χ2n) is 9.36. The molecule has 1 aliphatic carbocycles. The van der Waals surface area contributed by atoms with Gasteiger partial charge in [0.15, 0.2) is 5.69 Å². The number of hydrogen-bond donors (Lipinski definition) is 1. The molecular weight excluding hydrogens is 424 g/mol. The van der Waals surface area contributed by atoms with Gasteiger partial charge in [0.1, 0.15) is 0 Å². The molecular formula is C28H34N4O2. The van der Waals surface area contributed by atoms with Crippen LogP contribution in [0.25, 0.3) is 11.3 Å². The Labute approximate surface area is 202 Å². The van der Waals surface area contributed by atoms with E-state index in [1.807, 2.05) is 47.6 Å². The van der Waals surface area contributed by atoms with E-state index in [0.29, 0.717) is 31.5 Å². The van der Waals surface area contributed by atoms with Crippen LogP contribution < -0.4 is 5.32 Å². The maximum atomic E-state index is 13.9. The lowest BCUT2D eigenvalue weighted by molar-refractivity contribution is 0.0310. The fourth-order valence-electron chi connectivity index (χ4n) is 5.24. The number of benzene rings is 2. The van der Waals surface area contributed by atoms with E-state index in [-0.39, 0.29) is 11.9 Å². The first-order valence-corrected chi connectivity index (χ1v) is 12.6. The van der Waals surface area contributed by atoms with Crippen LogP contribution in [0.4, 0.5) is 0 Å². The Morgan fingerprint density at radius 3 is 2.50 bits per heavy atom. The Kier molecular flexibility index (Phi) is 7.37. The Balaban J connectivity index is 1.38. The second-order valence-corrected chi connectivity index (χ2v) is 9.36. The molecule has 1 aliphatic heterocycles. The Hall–Kier alpha value is -2.96. The van der Waals surface area contributed by atoms with Crippen molar-refractivity contribution in [2.45, 2.75) is 50.8 Å². The molecule has 1 amide bonds. The molecule has 2 heterocycles. The Bertz CT molecular complexity index is 1060. The predicted octanol–water partition coefficient (Wildman–Crippen LogP) is 4.69. The van der Waals surface area contributed by atoms with Gasteiger partial charge < -0.3 is 19.5 Å². The monoisotopic (exact) mass is 458 g/mol. The molecule has 0 radical (unpaired) electrons. The van der Waals surface area contributed by atoms with Gasteiger partial charge in [-0.1, -0.05) is 79.9 Å². The number of hydrogen-bond acceptors (Lipinski definition) is 4. The lowest BCUT2D eigenvalue weighted by Gasteiger charge is -2.36. The summed E-state index contributed by atoms with van der Waals surface area (Å²) in [6, 6.07) is 20.8. The van der Waals surface area contributed by atoms with Gasteiger partial charge in [-0.3, -0.25) is 4.79 Å². The van der Waals surface area contributed by atoms with Crippen molar-refractivity contribution < 1.29 is 9.53 Å². The van der Waals surface area contributed by atoms with Gasteiger partial charge in [-0.15, -0.1) is 0 Å². The number of rotatable bonds is 7. The van der Waals surface area contributed by atoms with Crippen LogP contribution in [0.15, 0.2) is 67.0 Å². The van der Waals surface area contributed by atoms with Gasteiger partial charge in [-0.2, -0.15) is 0 Å². The quantitative estimate of drug-likeness (QED) is 0.558. The van der Waals surface area contributed by atoms with Crippen molar-refractivity contribution in [3.63, 3.8) is 0 Å². The Morgan fingerprint density at radius 2 is 1.74 bits per heavy atom. The molecule has 1 aromatic heterocycles. The zero-order valence-electron chi connectivity index (χ0n) is 19.7. The summed E-state index contributed by atoms with van der Waals surface area (Å²) >= 11 is 0. The highest BCUT2D eigenvalue weighted by molar-refractivity contribution is 5.98. The van der Waals surface area contributed by atoms with Gasteiger partial charge in [-0.05, 0) is 18.4 Å². The SMILES string of the molecule is O=C(c1ncn(C2CCCCC2)c1-c1ccccc1)N1CCNC[C@H]1COCc1ccccc1. The zero-order chi connectivity index (χ0) is 23.2. The van der Waals surface area contributed by atoms with Crippen LogP contribution in [0, 0.1) is 0 Å². The van der Waals surface area contributed by atoms with Crippen LogP contribution in [0.1, 0.15) is 54.2 Å². The van der Waals surface area contributed by atoms with Crippen LogP contribution in [0.3, 0.4) is 0 Å². The van der Waals surface area contributed by atoms with Gasteiger partial charge in [-0.25, -0.2) is 4.98 Å². The molecule has 1 atom stereocenters. The molecule has 6 heteroatoms. The number of carbonyl (C=O) groups is 1. The molecule has 3 aromatic rings. The van der Waals surface area contributed by atoms with E-state index in [9.17, 15) is 4.79 Å². The highest BCUT2D eigenvalue weighted by Crippen LogP contribution is 2.34. The van der Waals surface area contributed by atoms with E-state index in [4.69, 9.17) is 9.72 Å². The van der Waals surface area contributed by atoms with Crippen molar-refractivity contribution in [1.82, 2.24) is 19.8 Å². The van der Waals surface area contributed by atoms with Gasteiger partial charge >= 0.3 is 0 Å². The molecule has 6 nitrogen and oxygen atoms in total. The summed E-state index contributed by atoms with van der Waals surface area (Å²) in [7, 11) is 0. The lowest BCUT2D eigenvalue weighted by atomic mass is 9.94. The summed E-state index contributed by atoms with van der Waals surface area (Å²) in [5.41, 5.74) is 3.72. The number of imidazole rings is 1. The number of piperazine rings is 1. The lowest BCUT2D eigenvalue weighted by Crippen LogP contribution is -2.55. The highest BCUT2D eigenvalue weighted by atomic mass is 16.5.